The lowest BCUT2D eigenvalue weighted by molar-refractivity contribution is -0.114. The molecule has 2 amide bonds. The van der Waals surface area contributed by atoms with Gasteiger partial charge in [-0.15, -0.1) is 0 Å². The van der Waals surface area contributed by atoms with Crippen LogP contribution in [0.25, 0.3) is 0 Å². The highest BCUT2D eigenvalue weighted by Crippen LogP contribution is 2.18. The Hall–Kier alpha value is -2.82. The molecule has 2 aromatic rings. The number of hydrogen-bond donors (Lipinski definition) is 3. The highest BCUT2D eigenvalue weighted by Gasteiger charge is 2.10. The Morgan fingerprint density at radius 3 is 2.19 bits per heavy atom. The number of rotatable bonds is 7. The summed E-state index contributed by atoms with van der Waals surface area (Å²) in [5.74, 6) is 0.251. The molecule has 0 unspecified atom stereocenters. The Morgan fingerprint density at radius 2 is 1.63 bits per heavy atom. The molecule has 2 rings (SSSR count). The van der Waals surface area contributed by atoms with Crippen molar-refractivity contribution in [3.8, 4) is 0 Å². The van der Waals surface area contributed by atoms with Gasteiger partial charge in [0.25, 0.3) is 5.91 Å². The van der Waals surface area contributed by atoms with Crippen molar-refractivity contribution in [2.75, 3.05) is 17.2 Å². The van der Waals surface area contributed by atoms with Crippen LogP contribution in [0.1, 0.15) is 55.1 Å². The van der Waals surface area contributed by atoms with Gasteiger partial charge in [0.1, 0.15) is 0 Å². The molecule has 0 aliphatic carbocycles. The quantitative estimate of drug-likeness (QED) is 0.683. The van der Waals surface area contributed by atoms with E-state index < -0.39 is 0 Å². The molecular weight excluding hydrogens is 338 g/mol. The van der Waals surface area contributed by atoms with Crippen LogP contribution in [0.4, 0.5) is 11.4 Å². The lowest BCUT2D eigenvalue weighted by atomic mass is 10.0. The molecule has 0 heterocycles. The monoisotopic (exact) mass is 367 g/mol. The first-order chi connectivity index (χ1) is 12.8. The van der Waals surface area contributed by atoms with Crippen LogP contribution in [0.5, 0.6) is 0 Å². The second kappa shape index (κ2) is 9.21. The van der Waals surface area contributed by atoms with Crippen LogP contribution in [0, 0.1) is 6.92 Å². The first kappa shape index (κ1) is 20.5. The summed E-state index contributed by atoms with van der Waals surface area (Å²) in [6.07, 6.45) is 0. The van der Waals surface area contributed by atoms with Crippen molar-refractivity contribution in [2.45, 2.75) is 46.6 Å². The Kier molecular flexibility index (Phi) is 6.99. The number of carbonyl (C=O) groups excluding carboxylic acids is 2. The second-order valence-corrected chi connectivity index (χ2v) is 7.34. The van der Waals surface area contributed by atoms with Crippen molar-refractivity contribution in [1.82, 2.24) is 5.32 Å². The molecule has 0 aromatic heterocycles. The molecule has 0 spiro atoms. The van der Waals surface area contributed by atoms with Gasteiger partial charge in [-0.2, -0.15) is 0 Å². The van der Waals surface area contributed by atoms with E-state index in [1.54, 1.807) is 6.07 Å². The molecule has 2 aromatic carbocycles. The zero-order valence-electron chi connectivity index (χ0n) is 16.7. The minimum atomic E-state index is -0.117. The van der Waals surface area contributed by atoms with Gasteiger partial charge in [0.05, 0.1) is 6.54 Å². The van der Waals surface area contributed by atoms with Crippen molar-refractivity contribution in [2.24, 2.45) is 0 Å². The normalized spacial score (nSPS) is 10.8. The summed E-state index contributed by atoms with van der Waals surface area (Å²) in [6, 6.07) is 13.4. The highest BCUT2D eigenvalue weighted by atomic mass is 16.2. The van der Waals surface area contributed by atoms with Gasteiger partial charge in [0, 0.05) is 23.0 Å². The molecule has 0 saturated carbocycles. The number of benzene rings is 2. The summed E-state index contributed by atoms with van der Waals surface area (Å²) in [7, 11) is 0. The molecule has 5 heteroatoms. The molecule has 0 bridgehead atoms. The van der Waals surface area contributed by atoms with Crippen LogP contribution in [-0.4, -0.2) is 24.4 Å². The molecular formula is C22H29N3O2. The number of nitrogens with one attached hydrogen (secondary N) is 3. The topological polar surface area (TPSA) is 70.2 Å². The smallest absolute Gasteiger partial charge is 0.251 e. The zero-order chi connectivity index (χ0) is 20.0. The van der Waals surface area contributed by atoms with Crippen molar-refractivity contribution < 1.29 is 9.59 Å². The summed E-state index contributed by atoms with van der Waals surface area (Å²) < 4.78 is 0. The minimum absolute atomic E-state index is 0.0916. The van der Waals surface area contributed by atoms with Gasteiger partial charge in [-0.25, -0.2) is 0 Å². The molecule has 0 saturated heterocycles. The van der Waals surface area contributed by atoms with Gasteiger partial charge < -0.3 is 16.0 Å². The van der Waals surface area contributed by atoms with Gasteiger partial charge in [0.2, 0.25) is 5.91 Å². The molecule has 0 atom stereocenters. The second-order valence-electron chi connectivity index (χ2n) is 7.34. The Bertz CT molecular complexity index is 796. The van der Waals surface area contributed by atoms with E-state index in [9.17, 15) is 9.59 Å². The number of aryl methyl sites for hydroxylation is 1. The van der Waals surface area contributed by atoms with E-state index in [0.717, 1.165) is 16.9 Å². The predicted octanol–water partition coefficient (Wildman–Crippen LogP) is 4.31. The maximum atomic E-state index is 12.2. The van der Waals surface area contributed by atoms with Crippen LogP contribution >= 0.6 is 0 Å². The fourth-order valence-electron chi connectivity index (χ4n) is 2.68. The predicted molar refractivity (Wildman–Crippen MR) is 111 cm³/mol. The maximum Gasteiger partial charge on any atom is 0.251 e. The fourth-order valence-corrected chi connectivity index (χ4v) is 2.68. The maximum absolute atomic E-state index is 12.2. The number of carbonyl (C=O) groups is 2. The van der Waals surface area contributed by atoms with Crippen molar-refractivity contribution in [3.05, 3.63) is 59.2 Å². The Labute approximate surface area is 161 Å². The van der Waals surface area contributed by atoms with Gasteiger partial charge >= 0.3 is 0 Å². The largest absolute Gasteiger partial charge is 0.376 e. The molecule has 0 aliphatic rings. The van der Waals surface area contributed by atoms with Crippen LogP contribution in [-0.2, 0) is 4.79 Å². The average molecular weight is 367 g/mol. The van der Waals surface area contributed by atoms with Crippen molar-refractivity contribution in [1.29, 1.82) is 0 Å². The summed E-state index contributed by atoms with van der Waals surface area (Å²) >= 11 is 0. The lowest BCUT2D eigenvalue weighted by Crippen LogP contribution is -2.30. The lowest BCUT2D eigenvalue weighted by Gasteiger charge is -2.13. The van der Waals surface area contributed by atoms with Gasteiger partial charge in [-0.05, 0) is 68.1 Å². The van der Waals surface area contributed by atoms with Crippen molar-refractivity contribution >= 4 is 23.2 Å². The van der Waals surface area contributed by atoms with E-state index in [1.807, 2.05) is 57.2 Å². The highest BCUT2D eigenvalue weighted by molar-refractivity contribution is 5.96. The van der Waals surface area contributed by atoms with E-state index >= 15 is 0 Å². The Morgan fingerprint density at radius 1 is 0.963 bits per heavy atom. The van der Waals surface area contributed by atoms with Gasteiger partial charge in [-0.1, -0.05) is 26.0 Å². The Balaban J connectivity index is 1.91. The van der Waals surface area contributed by atoms with E-state index in [1.165, 1.54) is 5.56 Å². The first-order valence-electron chi connectivity index (χ1n) is 9.31. The number of hydrogen-bond acceptors (Lipinski definition) is 3. The first-order valence-corrected chi connectivity index (χ1v) is 9.31. The summed E-state index contributed by atoms with van der Waals surface area (Å²) in [5, 5.41) is 8.88. The van der Waals surface area contributed by atoms with E-state index in [4.69, 9.17) is 0 Å². The van der Waals surface area contributed by atoms with E-state index in [-0.39, 0.29) is 24.4 Å². The van der Waals surface area contributed by atoms with Crippen molar-refractivity contribution in [3.63, 3.8) is 0 Å². The average Bonchev–Trinajstić information content (AvgIpc) is 2.60. The molecule has 144 valence electrons. The SMILES string of the molecule is Cc1cc(C(=O)NC(C)C)ccc1NCC(=O)Nc1ccc(C(C)C)cc1. The fraction of sp³-hybridized carbons (Fsp3) is 0.364. The zero-order valence-corrected chi connectivity index (χ0v) is 16.7. The van der Waals surface area contributed by atoms with Crippen LogP contribution in [0.2, 0.25) is 0 Å². The number of anilines is 2. The van der Waals surface area contributed by atoms with Crippen LogP contribution in [0.15, 0.2) is 42.5 Å². The third kappa shape index (κ3) is 6.13. The van der Waals surface area contributed by atoms with E-state index in [0.29, 0.717) is 11.5 Å². The third-order valence-electron chi connectivity index (χ3n) is 4.21. The molecule has 5 nitrogen and oxygen atoms in total. The number of amides is 2. The third-order valence-corrected chi connectivity index (χ3v) is 4.21. The summed E-state index contributed by atoms with van der Waals surface area (Å²) in [6.45, 7) is 10.2. The van der Waals surface area contributed by atoms with Gasteiger partial charge in [0.15, 0.2) is 0 Å². The summed E-state index contributed by atoms with van der Waals surface area (Å²) in [5.41, 5.74) is 4.38. The molecule has 0 fully saturated rings. The van der Waals surface area contributed by atoms with Gasteiger partial charge in [-0.3, -0.25) is 9.59 Å². The summed E-state index contributed by atoms with van der Waals surface area (Å²) in [4.78, 5) is 24.2. The minimum Gasteiger partial charge on any atom is -0.376 e. The molecule has 27 heavy (non-hydrogen) atoms. The molecule has 3 N–H and O–H groups in total. The standard InChI is InChI=1S/C22H29N3O2/c1-14(2)17-6-9-19(10-7-17)25-21(26)13-23-20-11-8-18(12-16(20)5)22(27)24-15(3)4/h6-12,14-15,23H,13H2,1-5H3,(H,24,27)(H,25,26). The van der Waals surface area contributed by atoms with Crippen LogP contribution in [0.3, 0.4) is 0 Å². The molecule has 0 aliphatic heterocycles. The van der Waals surface area contributed by atoms with Crippen LogP contribution < -0.4 is 16.0 Å². The molecule has 0 radical (unpaired) electrons. The van der Waals surface area contributed by atoms with E-state index in [2.05, 4.69) is 29.8 Å².